The first kappa shape index (κ1) is 13.5. The van der Waals surface area contributed by atoms with Crippen molar-refractivity contribution in [1.29, 1.82) is 0 Å². The Bertz CT molecular complexity index is 529. The zero-order chi connectivity index (χ0) is 13.2. The highest BCUT2D eigenvalue weighted by molar-refractivity contribution is 7.92. The van der Waals surface area contributed by atoms with Gasteiger partial charge in [0.25, 0.3) is 10.0 Å². The Hall–Kier alpha value is -0.920. The van der Waals surface area contributed by atoms with Gasteiger partial charge in [0, 0.05) is 19.1 Å². The minimum atomic E-state index is -3.72. The van der Waals surface area contributed by atoms with E-state index in [1.165, 1.54) is 0 Å². The molecule has 7 heteroatoms. The summed E-state index contributed by atoms with van der Waals surface area (Å²) in [7, 11) is -3.72. The highest BCUT2D eigenvalue weighted by Crippen LogP contribution is 2.22. The summed E-state index contributed by atoms with van der Waals surface area (Å²) in [5, 5.41) is 1.70. The lowest BCUT2D eigenvalue weighted by molar-refractivity contribution is -0.125. The van der Waals surface area contributed by atoms with Crippen LogP contribution in [0.4, 0.5) is 0 Å². The lowest BCUT2D eigenvalue weighted by atomic mass is 10.0. The van der Waals surface area contributed by atoms with Crippen LogP contribution in [-0.4, -0.2) is 27.5 Å². The summed E-state index contributed by atoms with van der Waals surface area (Å²) in [5.74, 6) is -0.695. The topological polar surface area (TPSA) is 72.5 Å². The molecule has 18 heavy (non-hydrogen) atoms. The third-order valence-corrected chi connectivity index (χ3v) is 5.92. The molecular weight excluding hydrogens is 274 g/mol. The van der Waals surface area contributed by atoms with Crippen molar-refractivity contribution in [1.82, 2.24) is 4.72 Å². The molecule has 0 aliphatic carbocycles. The lowest BCUT2D eigenvalue weighted by Crippen LogP contribution is -2.37. The number of amides is 1. The van der Waals surface area contributed by atoms with Crippen LogP contribution in [0.15, 0.2) is 15.7 Å². The van der Waals surface area contributed by atoms with Gasteiger partial charge < -0.3 is 4.74 Å². The molecule has 1 saturated heterocycles. The van der Waals surface area contributed by atoms with Crippen molar-refractivity contribution >= 4 is 27.3 Å². The standard InChI is InChI=1S/C11H15NO4S2/c1-8-4-7-17-11(8)18(14,15)12-10(13)9-2-5-16-6-3-9/h4,7,9H,2-3,5-6H2,1H3,(H,12,13). The van der Waals surface area contributed by atoms with Crippen molar-refractivity contribution in [2.45, 2.75) is 24.0 Å². The van der Waals surface area contributed by atoms with Crippen molar-refractivity contribution in [2.75, 3.05) is 13.2 Å². The number of thiophene rings is 1. The van der Waals surface area contributed by atoms with Crippen LogP contribution in [0.5, 0.6) is 0 Å². The molecule has 0 spiro atoms. The van der Waals surface area contributed by atoms with E-state index in [1.54, 1.807) is 18.4 Å². The van der Waals surface area contributed by atoms with Crippen molar-refractivity contribution in [3.63, 3.8) is 0 Å². The number of hydrogen-bond acceptors (Lipinski definition) is 5. The zero-order valence-electron chi connectivity index (χ0n) is 10.0. The van der Waals surface area contributed by atoms with Gasteiger partial charge in [0.05, 0.1) is 0 Å². The summed E-state index contributed by atoms with van der Waals surface area (Å²) >= 11 is 1.12. The van der Waals surface area contributed by atoms with E-state index in [1.807, 2.05) is 0 Å². The van der Waals surface area contributed by atoms with Gasteiger partial charge in [-0.25, -0.2) is 13.1 Å². The maximum atomic E-state index is 12.0. The zero-order valence-corrected chi connectivity index (χ0v) is 11.6. The van der Waals surface area contributed by atoms with Gasteiger partial charge in [-0.1, -0.05) is 0 Å². The molecule has 1 aliphatic heterocycles. The minimum Gasteiger partial charge on any atom is -0.381 e. The Morgan fingerprint density at radius 1 is 1.44 bits per heavy atom. The van der Waals surface area contributed by atoms with Gasteiger partial charge in [0.15, 0.2) is 0 Å². The first-order valence-electron chi connectivity index (χ1n) is 5.69. The molecule has 5 nitrogen and oxygen atoms in total. The van der Waals surface area contributed by atoms with E-state index in [0.29, 0.717) is 31.6 Å². The van der Waals surface area contributed by atoms with E-state index in [0.717, 1.165) is 11.3 Å². The van der Waals surface area contributed by atoms with E-state index in [9.17, 15) is 13.2 Å². The fourth-order valence-corrected chi connectivity index (χ4v) is 4.32. The Morgan fingerprint density at radius 2 is 2.11 bits per heavy atom. The molecule has 0 atom stereocenters. The quantitative estimate of drug-likeness (QED) is 0.910. The molecule has 0 radical (unpaired) electrons. The fraction of sp³-hybridized carbons (Fsp3) is 0.545. The van der Waals surface area contributed by atoms with Gasteiger partial charge in [-0.05, 0) is 36.8 Å². The number of rotatable bonds is 3. The maximum absolute atomic E-state index is 12.0. The molecule has 100 valence electrons. The normalized spacial score (nSPS) is 17.6. The third-order valence-electron chi connectivity index (χ3n) is 2.89. The Kier molecular flexibility index (Phi) is 4.04. The van der Waals surface area contributed by atoms with Crippen LogP contribution in [0.3, 0.4) is 0 Å². The molecular formula is C11H15NO4S2. The van der Waals surface area contributed by atoms with Crippen molar-refractivity contribution in [2.24, 2.45) is 5.92 Å². The lowest BCUT2D eigenvalue weighted by Gasteiger charge is -2.20. The average Bonchev–Trinajstić information content (AvgIpc) is 2.77. The Morgan fingerprint density at radius 3 is 2.67 bits per heavy atom. The molecule has 1 amide bonds. The second kappa shape index (κ2) is 5.38. The van der Waals surface area contributed by atoms with Crippen LogP contribution < -0.4 is 4.72 Å². The highest BCUT2D eigenvalue weighted by atomic mass is 32.2. The van der Waals surface area contributed by atoms with E-state index < -0.39 is 15.9 Å². The Labute approximate surface area is 110 Å². The summed E-state index contributed by atoms with van der Waals surface area (Å²) < 4.78 is 31.5. The van der Waals surface area contributed by atoms with Gasteiger partial charge >= 0.3 is 0 Å². The number of carbonyl (C=O) groups excluding carboxylic acids is 1. The number of hydrogen-bond donors (Lipinski definition) is 1. The first-order chi connectivity index (χ1) is 8.50. The molecule has 0 unspecified atom stereocenters. The summed E-state index contributed by atoms with van der Waals surface area (Å²) in [4.78, 5) is 11.9. The largest absolute Gasteiger partial charge is 0.381 e. The van der Waals surface area contributed by atoms with Gasteiger partial charge in [0.2, 0.25) is 5.91 Å². The molecule has 0 aromatic carbocycles. The number of nitrogens with one attached hydrogen (secondary N) is 1. The summed E-state index contributed by atoms with van der Waals surface area (Å²) in [6, 6.07) is 1.72. The van der Waals surface area contributed by atoms with Gasteiger partial charge in [-0.3, -0.25) is 4.79 Å². The molecule has 1 fully saturated rings. The van der Waals surface area contributed by atoms with E-state index in [2.05, 4.69) is 4.72 Å². The van der Waals surface area contributed by atoms with Crippen LogP contribution in [0.25, 0.3) is 0 Å². The van der Waals surface area contributed by atoms with E-state index >= 15 is 0 Å². The van der Waals surface area contributed by atoms with E-state index in [4.69, 9.17) is 4.74 Å². The summed E-state index contributed by atoms with van der Waals surface area (Å²) in [6.45, 7) is 2.73. The van der Waals surface area contributed by atoms with Crippen LogP contribution in [0.1, 0.15) is 18.4 Å². The minimum absolute atomic E-state index is 0.211. The average molecular weight is 289 g/mol. The maximum Gasteiger partial charge on any atom is 0.273 e. The van der Waals surface area contributed by atoms with Crippen molar-refractivity contribution < 1.29 is 17.9 Å². The van der Waals surface area contributed by atoms with Crippen LogP contribution in [-0.2, 0) is 19.6 Å². The summed E-state index contributed by atoms with van der Waals surface area (Å²) in [5.41, 5.74) is 0.660. The third kappa shape index (κ3) is 2.90. The second-order valence-corrected chi connectivity index (χ2v) is 7.04. The van der Waals surface area contributed by atoms with Gasteiger partial charge in [-0.15, -0.1) is 11.3 Å². The SMILES string of the molecule is Cc1ccsc1S(=O)(=O)NC(=O)C1CCOCC1. The first-order valence-corrected chi connectivity index (χ1v) is 8.05. The van der Waals surface area contributed by atoms with Gasteiger partial charge in [-0.2, -0.15) is 0 Å². The van der Waals surface area contributed by atoms with Crippen LogP contribution in [0.2, 0.25) is 0 Å². The molecule has 2 heterocycles. The van der Waals surface area contributed by atoms with Gasteiger partial charge in [0.1, 0.15) is 4.21 Å². The highest BCUT2D eigenvalue weighted by Gasteiger charge is 2.27. The van der Waals surface area contributed by atoms with Crippen molar-refractivity contribution in [3.8, 4) is 0 Å². The predicted octanol–water partition coefficient (Wildman–Crippen LogP) is 1.29. The predicted molar refractivity (Wildman–Crippen MR) is 67.9 cm³/mol. The number of carbonyl (C=O) groups is 1. The number of sulfonamides is 1. The molecule has 0 saturated carbocycles. The molecule has 1 aliphatic rings. The molecule has 1 aromatic rings. The van der Waals surface area contributed by atoms with Crippen LogP contribution in [0, 0.1) is 12.8 Å². The van der Waals surface area contributed by atoms with E-state index in [-0.39, 0.29) is 10.1 Å². The summed E-state index contributed by atoms with van der Waals surface area (Å²) in [6.07, 6.45) is 1.15. The monoisotopic (exact) mass is 289 g/mol. The Balaban J connectivity index is 2.09. The fourth-order valence-electron chi connectivity index (χ4n) is 1.86. The molecule has 1 N–H and O–H groups in total. The molecule has 0 bridgehead atoms. The van der Waals surface area contributed by atoms with Crippen LogP contribution >= 0.6 is 11.3 Å². The molecule has 1 aromatic heterocycles. The number of ether oxygens (including phenoxy) is 1. The van der Waals surface area contributed by atoms with Crippen molar-refractivity contribution in [3.05, 3.63) is 17.0 Å². The molecule has 2 rings (SSSR count). The second-order valence-electron chi connectivity index (χ2n) is 4.25. The smallest absolute Gasteiger partial charge is 0.273 e. The number of aryl methyl sites for hydroxylation is 1.